The van der Waals surface area contributed by atoms with E-state index >= 15 is 0 Å². The number of nitrogens with zero attached hydrogens (tertiary/aromatic N) is 3. The third-order valence-electron chi connectivity index (χ3n) is 5.68. The number of allylic oxidation sites excluding steroid dienone is 1. The minimum atomic E-state index is 0.292. The highest BCUT2D eigenvalue weighted by Crippen LogP contribution is 2.35. The molecule has 0 aliphatic carbocycles. The summed E-state index contributed by atoms with van der Waals surface area (Å²) in [6.07, 6.45) is 5.71. The van der Waals surface area contributed by atoms with Gasteiger partial charge in [-0.1, -0.05) is 26.8 Å². The fourth-order valence-corrected chi connectivity index (χ4v) is 4.44. The molecule has 3 heterocycles. The Morgan fingerprint density at radius 1 is 1.21 bits per heavy atom. The zero-order chi connectivity index (χ0) is 28.3. The topological polar surface area (TPSA) is 85.9 Å². The molecule has 3 aromatic heterocycles. The van der Waals surface area contributed by atoms with Crippen LogP contribution in [0.1, 0.15) is 60.6 Å². The number of rotatable bonds is 8. The normalized spacial score (nSPS) is 11.4. The maximum Gasteiger partial charge on any atom is 0.209 e. The van der Waals surface area contributed by atoms with Gasteiger partial charge in [0.1, 0.15) is 5.65 Å². The van der Waals surface area contributed by atoms with Crippen LogP contribution < -0.4 is 10.6 Å². The first-order valence-corrected chi connectivity index (χ1v) is 14.6. The number of fused-ring (bicyclic) bond motifs is 2. The molecule has 38 heavy (non-hydrogen) atoms. The van der Waals surface area contributed by atoms with Gasteiger partial charge in [0.05, 0.1) is 25.9 Å². The van der Waals surface area contributed by atoms with Crippen molar-refractivity contribution >= 4 is 71.9 Å². The minimum Gasteiger partial charge on any atom is -0.354 e. The van der Waals surface area contributed by atoms with E-state index in [0.717, 1.165) is 67.7 Å². The van der Waals surface area contributed by atoms with Crippen LogP contribution in [0.2, 0.25) is 0 Å². The number of pyridine rings is 1. The first kappa shape index (κ1) is 31.5. The Hall–Kier alpha value is -2.75. The molecule has 206 valence electrons. The summed E-state index contributed by atoms with van der Waals surface area (Å²) in [4.78, 5) is 25.2. The lowest BCUT2D eigenvalue weighted by Gasteiger charge is -2.15. The largest absolute Gasteiger partial charge is 0.354 e. The molecule has 0 unspecified atom stereocenters. The smallest absolute Gasteiger partial charge is 0.209 e. The molecule has 9 heteroatoms. The number of halogens is 1. The average molecular weight is 602 g/mol. The molecule has 0 radical (unpaired) electrons. The quantitative estimate of drug-likeness (QED) is 0.178. The number of aromatic amines is 1. The van der Waals surface area contributed by atoms with Gasteiger partial charge in [0.15, 0.2) is 0 Å². The molecule has 3 N–H and O–H groups in total. The van der Waals surface area contributed by atoms with Crippen LogP contribution in [-0.2, 0) is 4.79 Å². The molecule has 1 aromatic carbocycles. The van der Waals surface area contributed by atoms with E-state index in [4.69, 9.17) is 0 Å². The maximum absolute atomic E-state index is 11.2. The lowest BCUT2D eigenvalue weighted by Crippen LogP contribution is -2.31. The highest BCUT2D eigenvalue weighted by Gasteiger charge is 2.12. The number of hydrogen-bond acceptors (Lipinski definition) is 6. The summed E-state index contributed by atoms with van der Waals surface area (Å²) in [5.41, 5.74) is 7.97. The molecule has 0 saturated heterocycles. The van der Waals surface area contributed by atoms with E-state index in [1.54, 1.807) is 22.4 Å². The van der Waals surface area contributed by atoms with Gasteiger partial charge in [0.25, 0.3) is 0 Å². The number of carbonyl (C=O) groups excluding carboxylic acids is 1. The van der Waals surface area contributed by atoms with E-state index < -0.39 is 0 Å². The number of aromatic nitrogens is 3. The standard InChI is InChI=1S/C22H22BrN5OS.C5H13N.C2H6/c1-3-7-28(13-29)8-6-14(2)19-10-16-21(17(23)11-24-22(16)27-19)26-15-4-5-18-20(9-15)30-12-25-18;1-5(2,3)6-4;1-2/h4-6,9-13H,3,7-8H2,1-2H3,(H2,24,26,27);6H,1-4H3;1-2H3/b14-6+;;. The predicted octanol–water partition coefficient (Wildman–Crippen LogP) is 7.98. The van der Waals surface area contributed by atoms with Gasteiger partial charge in [-0.3, -0.25) is 4.79 Å². The Morgan fingerprint density at radius 2 is 1.92 bits per heavy atom. The summed E-state index contributed by atoms with van der Waals surface area (Å²) in [6, 6.07) is 8.25. The van der Waals surface area contributed by atoms with Gasteiger partial charge in [-0.25, -0.2) is 9.97 Å². The molecule has 7 nitrogen and oxygen atoms in total. The number of amides is 1. The zero-order valence-corrected chi connectivity index (χ0v) is 26.2. The van der Waals surface area contributed by atoms with Gasteiger partial charge in [0.2, 0.25) is 6.41 Å². The fourth-order valence-electron chi connectivity index (χ4n) is 3.31. The van der Waals surface area contributed by atoms with E-state index in [0.29, 0.717) is 12.1 Å². The van der Waals surface area contributed by atoms with E-state index in [9.17, 15) is 4.79 Å². The van der Waals surface area contributed by atoms with E-state index in [1.807, 2.05) is 45.5 Å². The van der Waals surface area contributed by atoms with Gasteiger partial charge in [0, 0.05) is 41.6 Å². The average Bonchev–Trinajstić information content (AvgIpc) is 3.56. The summed E-state index contributed by atoms with van der Waals surface area (Å²) in [5, 5.41) is 7.63. The number of hydrogen-bond donors (Lipinski definition) is 3. The fraction of sp³-hybridized carbons (Fsp3) is 0.414. The van der Waals surface area contributed by atoms with Crippen LogP contribution in [0.4, 0.5) is 11.4 Å². The summed E-state index contributed by atoms with van der Waals surface area (Å²) >= 11 is 5.25. The SMILES string of the molecule is CC.CCCN(C=O)C/C=C(\C)c1cc2c(Nc3ccc4ncsc4c3)c(Br)cnc2[nH]1.CNC(C)(C)C. The Labute approximate surface area is 239 Å². The van der Waals surface area contributed by atoms with Gasteiger partial charge in [-0.05, 0) is 86.9 Å². The van der Waals surface area contributed by atoms with Crippen LogP contribution in [0.5, 0.6) is 0 Å². The number of nitrogens with one attached hydrogen (secondary N) is 3. The van der Waals surface area contributed by atoms with Gasteiger partial charge in [-0.2, -0.15) is 0 Å². The van der Waals surface area contributed by atoms with Crippen molar-refractivity contribution in [2.24, 2.45) is 0 Å². The number of anilines is 2. The first-order chi connectivity index (χ1) is 18.1. The summed E-state index contributed by atoms with van der Waals surface area (Å²) in [6.45, 7) is 15.9. The third kappa shape index (κ3) is 8.92. The molecule has 1 amide bonds. The minimum absolute atomic E-state index is 0.292. The monoisotopic (exact) mass is 600 g/mol. The Balaban J connectivity index is 0.000000560. The van der Waals surface area contributed by atoms with Crippen molar-refractivity contribution in [2.75, 3.05) is 25.5 Å². The van der Waals surface area contributed by atoms with Gasteiger partial charge in [-0.15, -0.1) is 11.3 Å². The van der Waals surface area contributed by atoms with Crippen LogP contribution in [-0.4, -0.2) is 51.9 Å². The van der Waals surface area contributed by atoms with Crippen molar-refractivity contribution in [1.29, 1.82) is 0 Å². The molecule has 4 aromatic rings. The Morgan fingerprint density at radius 3 is 2.55 bits per heavy atom. The second-order valence-corrected chi connectivity index (χ2v) is 11.3. The number of H-pyrrole nitrogens is 1. The summed E-state index contributed by atoms with van der Waals surface area (Å²) in [7, 11) is 1.96. The highest BCUT2D eigenvalue weighted by atomic mass is 79.9. The van der Waals surface area contributed by atoms with Crippen LogP contribution >= 0.6 is 27.3 Å². The molecule has 0 aliphatic rings. The van der Waals surface area contributed by atoms with Crippen LogP contribution in [0.3, 0.4) is 0 Å². The van der Waals surface area contributed by atoms with E-state index in [1.165, 1.54) is 0 Å². The van der Waals surface area contributed by atoms with Crippen molar-refractivity contribution in [3.63, 3.8) is 0 Å². The number of carbonyl (C=O) groups is 1. The maximum atomic E-state index is 11.2. The van der Waals surface area contributed by atoms with E-state index in [2.05, 4.69) is 87.4 Å². The summed E-state index contributed by atoms with van der Waals surface area (Å²) < 4.78 is 2.03. The molecular formula is C29H41BrN6OS. The number of thiazole rings is 1. The van der Waals surface area contributed by atoms with Crippen molar-refractivity contribution in [3.8, 4) is 0 Å². The van der Waals surface area contributed by atoms with Crippen molar-refractivity contribution in [2.45, 2.75) is 60.4 Å². The van der Waals surface area contributed by atoms with Crippen molar-refractivity contribution < 1.29 is 4.79 Å². The molecule has 0 bridgehead atoms. The van der Waals surface area contributed by atoms with E-state index in [-0.39, 0.29) is 0 Å². The van der Waals surface area contributed by atoms with Gasteiger partial charge >= 0.3 is 0 Å². The molecule has 0 atom stereocenters. The summed E-state index contributed by atoms with van der Waals surface area (Å²) in [5.74, 6) is 0. The number of benzene rings is 1. The van der Waals surface area contributed by atoms with Crippen molar-refractivity contribution in [1.82, 2.24) is 25.2 Å². The molecule has 0 aliphatic heterocycles. The van der Waals surface area contributed by atoms with Crippen LogP contribution in [0.15, 0.2) is 46.5 Å². The molecule has 0 fully saturated rings. The lowest BCUT2D eigenvalue weighted by atomic mass is 10.1. The van der Waals surface area contributed by atoms with Gasteiger partial charge < -0.3 is 20.5 Å². The molecule has 0 saturated carbocycles. The first-order valence-electron chi connectivity index (χ1n) is 13.0. The van der Waals surface area contributed by atoms with Crippen LogP contribution in [0, 0.1) is 0 Å². The van der Waals surface area contributed by atoms with Crippen LogP contribution in [0.25, 0.3) is 26.8 Å². The van der Waals surface area contributed by atoms with Crippen molar-refractivity contribution in [3.05, 3.63) is 52.2 Å². The third-order valence-corrected chi connectivity index (χ3v) is 7.07. The Bertz CT molecular complexity index is 1340. The molecule has 4 rings (SSSR count). The predicted molar refractivity (Wildman–Crippen MR) is 168 cm³/mol. The second-order valence-electron chi connectivity index (χ2n) is 9.57. The second kappa shape index (κ2) is 15.0. The zero-order valence-electron chi connectivity index (χ0n) is 23.8. The highest BCUT2D eigenvalue weighted by molar-refractivity contribution is 9.10. The Kier molecular flexibility index (Phi) is 12.4. The molecule has 0 spiro atoms. The lowest BCUT2D eigenvalue weighted by molar-refractivity contribution is -0.117. The molecular weight excluding hydrogens is 560 g/mol.